The number of esters is 1. The smallest absolute Gasteiger partial charge is 0.343 e. The van der Waals surface area contributed by atoms with Crippen molar-refractivity contribution in [2.75, 3.05) is 49.8 Å². The Balaban J connectivity index is 1.53. The van der Waals surface area contributed by atoms with Crippen LogP contribution in [0.3, 0.4) is 0 Å². The number of ether oxygens (including phenoxy) is 8. The Bertz CT molecular complexity index is 2020. The second kappa shape index (κ2) is 14.5. The third-order valence-corrected chi connectivity index (χ3v) is 7.29. The van der Waals surface area contributed by atoms with Gasteiger partial charge in [0, 0.05) is 5.56 Å². The quantitative estimate of drug-likeness (QED) is 0.0993. The third kappa shape index (κ3) is 6.38. The van der Waals surface area contributed by atoms with Gasteiger partial charge < -0.3 is 37.9 Å². The third-order valence-electron chi connectivity index (χ3n) is 7.29. The summed E-state index contributed by atoms with van der Waals surface area (Å²) >= 11 is 0. The highest BCUT2D eigenvalue weighted by Gasteiger charge is 2.21. The summed E-state index contributed by atoms with van der Waals surface area (Å²) < 4.78 is 44.9. The van der Waals surface area contributed by atoms with E-state index in [-0.39, 0.29) is 22.9 Å². The molecule has 0 atom stereocenters. The van der Waals surface area contributed by atoms with E-state index < -0.39 is 11.5 Å². The molecule has 0 aliphatic carbocycles. The summed E-state index contributed by atoms with van der Waals surface area (Å²) in [5.74, 6) is 2.03. The molecule has 48 heavy (non-hydrogen) atoms. The Morgan fingerprint density at radius 2 is 1.23 bits per heavy atom. The normalized spacial score (nSPS) is 10.9. The molecule has 0 amide bonds. The first-order valence-corrected chi connectivity index (χ1v) is 14.4. The highest BCUT2D eigenvalue weighted by Crippen LogP contribution is 2.41. The van der Waals surface area contributed by atoms with Crippen molar-refractivity contribution in [3.8, 4) is 57.4 Å². The summed E-state index contributed by atoms with van der Waals surface area (Å²) in [4.78, 5) is 31.6. The van der Waals surface area contributed by atoms with Crippen LogP contribution in [0.15, 0.2) is 76.6 Å². The van der Waals surface area contributed by atoms with Gasteiger partial charge in [-0.2, -0.15) is 9.78 Å². The van der Waals surface area contributed by atoms with Crippen molar-refractivity contribution in [2.24, 2.45) is 5.10 Å². The molecule has 13 nitrogen and oxygen atoms in total. The van der Waals surface area contributed by atoms with Gasteiger partial charge in [0.2, 0.25) is 11.5 Å². The maximum atomic E-state index is 13.8. The van der Waals surface area contributed by atoms with Crippen LogP contribution in [-0.4, -0.2) is 71.6 Å². The zero-order valence-corrected chi connectivity index (χ0v) is 27.4. The van der Waals surface area contributed by atoms with E-state index in [0.29, 0.717) is 56.5 Å². The number of methoxy groups -OCH3 is 7. The van der Waals surface area contributed by atoms with Crippen molar-refractivity contribution < 1.29 is 42.7 Å². The van der Waals surface area contributed by atoms with Gasteiger partial charge in [-0.1, -0.05) is 12.1 Å². The van der Waals surface area contributed by atoms with Crippen molar-refractivity contribution >= 4 is 23.1 Å². The van der Waals surface area contributed by atoms with Crippen molar-refractivity contribution in [1.29, 1.82) is 0 Å². The van der Waals surface area contributed by atoms with Crippen molar-refractivity contribution in [1.82, 2.24) is 9.66 Å². The lowest BCUT2D eigenvalue weighted by molar-refractivity contribution is 0.0728. The number of hydrogen-bond acceptors (Lipinski definition) is 12. The molecule has 0 radical (unpaired) electrons. The van der Waals surface area contributed by atoms with E-state index in [4.69, 9.17) is 42.9 Å². The summed E-state index contributed by atoms with van der Waals surface area (Å²) in [6.07, 6.45) is 1.46. The minimum atomic E-state index is -0.683. The molecule has 0 fully saturated rings. The second-order valence-corrected chi connectivity index (χ2v) is 9.94. The maximum Gasteiger partial charge on any atom is 0.343 e. The monoisotopic (exact) mass is 655 g/mol. The van der Waals surface area contributed by atoms with Crippen molar-refractivity contribution in [3.05, 3.63) is 88.2 Å². The van der Waals surface area contributed by atoms with Gasteiger partial charge >= 0.3 is 5.97 Å². The standard InChI is InChI=1S/C35H33N3O10/c1-41-26-14-20(12-13-25(26)48-35(40)22-17-29(44-4)32(47-7)30(18-22)45-5)19-36-38-33(37-24-11-9-8-10-23(24)34(38)39)21-15-27(42-2)31(46-6)28(16-21)43-3/h8-19H,1-7H3. The van der Waals surface area contributed by atoms with E-state index in [9.17, 15) is 9.59 Å². The van der Waals surface area contributed by atoms with Gasteiger partial charge in [-0.25, -0.2) is 9.78 Å². The van der Waals surface area contributed by atoms with Crippen LogP contribution in [0.5, 0.6) is 46.0 Å². The van der Waals surface area contributed by atoms with Crippen LogP contribution in [-0.2, 0) is 0 Å². The molecule has 1 heterocycles. The zero-order chi connectivity index (χ0) is 34.4. The maximum absolute atomic E-state index is 13.8. The molecule has 13 heteroatoms. The lowest BCUT2D eigenvalue weighted by atomic mass is 10.1. The molecule has 0 unspecified atom stereocenters. The Morgan fingerprint density at radius 1 is 0.667 bits per heavy atom. The minimum Gasteiger partial charge on any atom is -0.493 e. The average Bonchev–Trinajstić information content (AvgIpc) is 3.13. The molecule has 0 spiro atoms. The van der Waals surface area contributed by atoms with Crippen LogP contribution < -0.4 is 43.5 Å². The first-order chi connectivity index (χ1) is 23.3. The highest BCUT2D eigenvalue weighted by molar-refractivity contribution is 5.93. The van der Waals surface area contributed by atoms with E-state index in [1.54, 1.807) is 54.6 Å². The molecule has 0 saturated carbocycles. The van der Waals surface area contributed by atoms with Gasteiger partial charge in [0.15, 0.2) is 40.3 Å². The van der Waals surface area contributed by atoms with Crippen LogP contribution in [0.25, 0.3) is 22.3 Å². The zero-order valence-electron chi connectivity index (χ0n) is 27.4. The summed E-state index contributed by atoms with van der Waals surface area (Å²) in [5, 5.41) is 4.90. The Kier molecular flexibility index (Phi) is 9.98. The molecular weight excluding hydrogens is 622 g/mol. The van der Waals surface area contributed by atoms with Crippen LogP contribution in [0, 0.1) is 0 Å². The Hall–Kier alpha value is -6.24. The van der Waals surface area contributed by atoms with Crippen LogP contribution in [0.4, 0.5) is 0 Å². The van der Waals surface area contributed by atoms with Gasteiger partial charge in [0.05, 0.1) is 72.4 Å². The molecule has 5 rings (SSSR count). The molecule has 0 bridgehead atoms. The van der Waals surface area contributed by atoms with Gasteiger partial charge in [-0.05, 0) is 60.2 Å². The van der Waals surface area contributed by atoms with Gasteiger partial charge in [0.1, 0.15) is 0 Å². The number of carbonyl (C=O) groups excluding carboxylic acids is 1. The highest BCUT2D eigenvalue weighted by atomic mass is 16.6. The predicted octanol–water partition coefficient (Wildman–Crippen LogP) is 5.23. The number of rotatable bonds is 12. The molecule has 0 aliphatic heterocycles. The molecule has 248 valence electrons. The minimum absolute atomic E-state index is 0.149. The summed E-state index contributed by atoms with van der Waals surface area (Å²) in [6, 6.07) is 18.1. The van der Waals surface area contributed by atoms with E-state index >= 15 is 0 Å². The number of benzene rings is 4. The predicted molar refractivity (Wildman–Crippen MR) is 178 cm³/mol. The molecule has 4 aromatic carbocycles. The first-order valence-electron chi connectivity index (χ1n) is 14.4. The van der Waals surface area contributed by atoms with E-state index in [2.05, 4.69) is 5.10 Å². The first kappa shape index (κ1) is 33.1. The van der Waals surface area contributed by atoms with Gasteiger partial charge in [-0.15, -0.1) is 0 Å². The Labute approximate surface area is 275 Å². The number of para-hydroxylation sites is 1. The molecule has 0 aliphatic rings. The van der Waals surface area contributed by atoms with E-state index in [0.717, 1.165) is 0 Å². The molecular formula is C35H33N3O10. The number of nitrogens with zero attached hydrogens (tertiary/aromatic N) is 3. The lowest BCUT2D eigenvalue weighted by Crippen LogP contribution is -2.20. The number of fused-ring (bicyclic) bond motifs is 1. The lowest BCUT2D eigenvalue weighted by Gasteiger charge is -2.15. The van der Waals surface area contributed by atoms with Gasteiger partial charge in [-0.3, -0.25) is 4.79 Å². The largest absolute Gasteiger partial charge is 0.493 e. The average molecular weight is 656 g/mol. The van der Waals surface area contributed by atoms with E-state index in [1.807, 2.05) is 0 Å². The van der Waals surface area contributed by atoms with Crippen LogP contribution >= 0.6 is 0 Å². The molecule has 5 aromatic rings. The molecule has 0 N–H and O–H groups in total. The molecule has 0 saturated heterocycles. The SMILES string of the molecule is COc1cc(C=Nn2c(-c3cc(OC)c(OC)c(OC)c3)nc3ccccc3c2=O)ccc1OC(=O)c1cc(OC)c(OC)c(OC)c1. The fourth-order valence-electron chi connectivity index (χ4n) is 4.96. The fourth-order valence-corrected chi connectivity index (χ4v) is 4.96. The van der Waals surface area contributed by atoms with Crippen LogP contribution in [0.2, 0.25) is 0 Å². The van der Waals surface area contributed by atoms with Gasteiger partial charge in [0.25, 0.3) is 5.56 Å². The summed E-state index contributed by atoms with van der Waals surface area (Å²) in [7, 11) is 10.3. The summed E-state index contributed by atoms with van der Waals surface area (Å²) in [6.45, 7) is 0. The van der Waals surface area contributed by atoms with Crippen molar-refractivity contribution in [3.63, 3.8) is 0 Å². The van der Waals surface area contributed by atoms with Crippen molar-refractivity contribution in [2.45, 2.75) is 0 Å². The van der Waals surface area contributed by atoms with Crippen LogP contribution in [0.1, 0.15) is 15.9 Å². The summed E-state index contributed by atoms with van der Waals surface area (Å²) in [5.41, 5.74) is 1.28. The number of aromatic nitrogens is 2. The fraction of sp³-hybridized carbons (Fsp3) is 0.200. The topological polar surface area (TPSA) is 138 Å². The number of carbonyl (C=O) groups is 1. The van der Waals surface area contributed by atoms with E-state index in [1.165, 1.54) is 72.8 Å². The Morgan fingerprint density at radius 3 is 1.79 bits per heavy atom. The number of hydrogen-bond donors (Lipinski definition) is 0. The second-order valence-electron chi connectivity index (χ2n) is 9.94. The molecule has 1 aromatic heterocycles.